The number of rotatable bonds is 8. The molecule has 1 amide bonds. The smallest absolute Gasteiger partial charge is 0.326 e. The average Bonchev–Trinajstić information content (AvgIpc) is 2.31. The SMILES string of the molecule is CC[C@H](C)[C@H](NC(=O)[C@@H](N)CCCN)C(=O)O. The third kappa shape index (κ3) is 5.65. The van der Waals surface area contributed by atoms with Crippen LogP contribution in [0.1, 0.15) is 33.1 Å². The van der Waals surface area contributed by atoms with Gasteiger partial charge in [0, 0.05) is 0 Å². The number of carbonyl (C=O) groups is 2. The first kappa shape index (κ1) is 15.9. The van der Waals surface area contributed by atoms with Crippen molar-refractivity contribution in [3.63, 3.8) is 0 Å². The van der Waals surface area contributed by atoms with Crippen LogP contribution in [0.3, 0.4) is 0 Å². The van der Waals surface area contributed by atoms with Gasteiger partial charge in [0.1, 0.15) is 6.04 Å². The molecule has 0 aromatic heterocycles. The third-order valence-corrected chi connectivity index (χ3v) is 2.83. The molecule has 100 valence electrons. The fraction of sp³-hybridized carbons (Fsp3) is 0.818. The van der Waals surface area contributed by atoms with E-state index in [0.717, 1.165) is 0 Å². The highest BCUT2D eigenvalue weighted by molar-refractivity contribution is 5.86. The van der Waals surface area contributed by atoms with Crippen molar-refractivity contribution in [3.8, 4) is 0 Å². The molecule has 0 rings (SSSR count). The van der Waals surface area contributed by atoms with Crippen LogP contribution in [0.4, 0.5) is 0 Å². The second kappa shape index (κ2) is 8.03. The fourth-order valence-electron chi connectivity index (χ4n) is 1.41. The van der Waals surface area contributed by atoms with Crippen molar-refractivity contribution in [2.24, 2.45) is 17.4 Å². The third-order valence-electron chi connectivity index (χ3n) is 2.83. The number of carboxylic acids is 1. The maximum Gasteiger partial charge on any atom is 0.326 e. The number of carboxylic acid groups (broad SMARTS) is 1. The molecule has 6 nitrogen and oxygen atoms in total. The summed E-state index contributed by atoms with van der Waals surface area (Å²) in [6, 6.07) is -1.57. The quantitative estimate of drug-likeness (QED) is 0.467. The summed E-state index contributed by atoms with van der Waals surface area (Å²) in [4.78, 5) is 22.6. The summed E-state index contributed by atoms with van der Waals surface area (Å²) in [5, 5.41) is 11.5. The summed E-state index contributed by atoms with van der Waals surface area (Å²) in [6.45, 7) is 4.13. The lowest BCUT2D eigenvalue weighted by atomic mass is 9.98. The first-order valence-electron chi connectivity index (χ1n) is 5.92. The Kier molecular flexibility index (Phi) is 7.49. The Balaban J connectivity index is 4.35. The highest BCUT2D eigenvalue weighted by atomic mass is 16.4. The van der Waals surface area contributed by atoms with Gasteiger partial charge in [0.05, 0.1) is 6.04 Å². The Labute approximate surface area is 102 Å². The lowest BCUT2D eigenvalue weighted by Crippen LogP contribution is -2.51. The average molecular weight is 245 g/mol. The van der Waals surface area contributed by atoms with Crippen molar-refractivity contribution < 1.29 is 14.7 Å². The van der Waals surface area contributed by atoms with Gasteiger partial charge in [-0.05, 0) is 25.3 Å². The van der Waals surface area contributed by atoms with E-state index < -0.39 is 24.0 Å². The number of nitrogens with one attached hydrogen (secondary N) is 1. The van der Waals surface area contributed by atoms with E-state index in [9.17, 15) is 9.59 Å². The molecule has 0 aromatic carbocycles. The normalized spacial score (nSPS) is 16.0. The first-order valence-corrected chi connectivity index (χ1v) is 5.92. The maximum atomic E-state index is 11.6. The molecule has 0 aliphatic carbocycles. The molecule has 17 heavy (non-hydrogen) atoms. The van der Waals surface area contributed by atoms with Gasteiger partial charge in [0.15, 0.2) is 0 Å². The zero-order valence-electron chi connectivity index (χ0n) is 10.5. The summed E-state index contributed by atoms with van der Waals surface area (Å²) in [5.41, 5.74) is 10.9. The highest BCUT2D eigenvalue weighted by Gasteiger charge is 2.27. The minimum atomic E-state index is -1.03. The van der Waals surface area contributed by atoms with Gasteiger partial charge in [0.2, 0.25) is 5.91 Å². The number of aliphatic carboxylic acids is 1. The monoisotopic (exact) mass is 245 g/mol. The van der Waals surface area contributed by atoms with E-state index in [0.29, 0.717) is 25.8 Å². The van der Waals surface area contributed by atoms with Crippen molar-refractivity contribution >= 4 is 11.9 Å². The van der Waals surface area contributed by atoms with Crippen molar-refractivity contribution in [3.05, 3.63) is 0 Å². The molecule has 0 spiro atoms. The van der Waals surface area contributed by atoms with E-state index in [1.54, 1.807) is 6.92 Å². The zero-order chi connectivity index (χ0) is 13.4. The molecule has 0 saturated carbocycles. The van der Waals surface area contributed by atoms with Gasteiger partial charge in [-0.3, -0.25) is 4.79 Å². The van der Waals surface area contributed by atoms with Gasteiger partial charge in [-0.25, -0.2) is 4.79 Å². The van der Waals surface area contributed by atoms with Crippen molar-refractivity contribution in [2.45, 2.75) is 45.2 Å². The molecule has 0 unspecified atom stereocenters. The topological polar surface area (TPSA) is 118 Å². The number of amides is 1. The van der Waals surface area contributed by atoms with Crippen LogP contribution in [-0.4, -0.2) is 35.6 Å². The van der Waals surface area contributed by atoms with Gasteiger partial charge >= 0.3 is 5.97 Å². The zero-order valence-corrected chi connectivity index (χ0v) is 10.5. The summed E-state index contributed by atoms with van der Waals surface area (Å²) in [6.07, 6.45) is 1.79. The van der Waals surface area contributed by atoms with Crippen LogP contribution in [0.5, 0.6) is 0 Å². The summed E-state index contributed by atoms with van der Waals surface area (Å²) in [5.74, 6) is -1.58. The predicted molar refractivity (Wildman–Crippen MR) is 65.3 cm³/mol. The van der Waals surface area contributed by atoms with Crippen LogP contribution in [0, 0.1) is 5.92 Å². The van der Waals surface area contributed by atoms with E-state index in [2.05, 4.69) is 5.32 Å². The largest absolute Gasteiger partial charge is 0.480 e. The number of hydrogen-bond acceptors (Lipinski definition) is 4. The molecule has 0 saturated heterocycles. The van der Waals surface area contributed by atoms with E-state index in [4.69, 9.17) is 16.6 Å². The second-order valence-corrected chi connectivity index (χ2v) is 4.25. The Morgan fingerprint density at radius 3 is 2.41 bits per heavy atom. The van der Waals surface area contributed by atoms with Gasteiger partial charge in [0.25, 0.3) is 0 Å². The minimum Gasteiger partial charge on any atom is -0.480 e. The van der Waals surface area contributed by atoms with Crippen LogP contribution in [0.2, 0.25) is 0 Å². The maximum absolute atomic E-state index is 11.6. The van der Waals surface area contributed by atoms with Crippen LogP contribution in [0.15, 0.2) is 0 Å². The van der Waals surface area contributed by atoms with Crippen LogP contribution in [0.25, 0.3) is 0 Å². The summed E-state index contributed by atoms with van der Waals surface area (Å²) in [7, 11) is 0. The molecule has 0 aliphatic heterocycles. The van der Waals surface area contributed by atoms with Crippen LogP contribution >= 0.6 is 0 Å². The molecule has 0 bridgehead atoms. The summed E-state index contributed by atoms with van der Waals surface area (Å²) >= 11 is 0. The Morgan fingerprint density at radius 1 is 1.41 bits per heavy atom. The van der Waals surface area contributed by atoms with Gasteiger partial charge in [-0.2, -0.15) is 0 Å². The van der Waals surface area contributed by atoms with Crippen LogP contribution < -0.4 is 16.8 Å². The molecule has 6 N–H and O–H groups in total. The van der Waals surface area contributed by atoms with Crippen molar-refractivity contribution in [1.82, 2.24) is 5.32 Å². The van der Waals surface area contributed by atoms with E-state index in [1.165, 1.54) is 0 Å². The minimum absolute atomic E-state index is 0.127. The standard InChI is InChI=1S/C11H23N3O3/c1-3-7(2)9(11(16)17)14-10(15)8(13)5-4-6-12/h7-9H,3-6,12-13H2,1-2H3,(H,14,15)(H,16,17)/t7-,8-,9-/m0/s1. The van der Waals surface area contributed by atoms with Crippen molar-refractivity contribution in [2.75, 3.05) is 6.54 Å². The molecule has 3 atom stereocenters. The van der Waals surface area contributed by atoms with E-state index >= 15 is 0 Å². The fourth-order valence-corrected chi connectivity index (χ4v) is 1.41. The molecule has 0 radical (unpaired) electrons. The number of carbonyl (C=O) groups excluding carboxylic acids is 1. The molecule has 0 aromatic rings. The van der Waals surface area contributed by atoms with Crippen molar-refractivity contribution in [1.29, 1.82) is 0 Å². The van der Waals surface area contributed by atoms with Gasteiger partial charge in [-0.15, -0.1) is 0 Å². The van der Waals surface area contributed by atoms with E-state index in [1.807, 2.05) is 6.92 Å². The second-order valence-electron chi connectivity index (χ2n) is 4.25. The van der Waals surface area contributed by atoms with Gasteiger partial charge < -0.3 is 21.9 Å². The Bertz CT molecular complexity index is 258. The molecule has 0 heterocycles. The lowest BCUT2D eigenvalue weighted by molar-refractivity contribution is -0.143. The first-order chi connectivity index (χ1) is 7.93. The van der Waals surface area contributed by atoms with Gasteiger partial charge in [-0.1, -0.05) is 20.3 Å². The highest BCUT2D eigenvalue weighted by Crippen LogP contribution is 2.08. The van der Waals surface area contributed by atoms with E-state index in [-0.39, 0.29) is 5.92 Å². The summed E-state index contributed by atoms with van der Waals surface area (Å²) < 4.78 is 0. The Morgan fingerprint density at radius 2 is 2.00 bits per heavy atom. The molecular weight excluding hydrogens is 222 g/mol. The molecule has 6 heteroatoms. The number of nitrogens with two attached hydrogens (primary N) is 2. The van der Waals surface area contributed by atoms with Crippen LogP contribution in [-0.2, 0) is 9.59 Å². The molecular formula is C11H23N3O3. The Hall–Kier alpha value is -1.14. The predicted octanol–water partition coefficient (Wildman–Crippen LogP) is -0.332. The lowest BCUT2D eigenvalue weighted by Gasteiger charge is -2.22. The molecule has 0 fully saturated rings. The molecule has 0 aliphatic rings. The number of hydrogen-bond donors (Lipinski definition) is 4.